The van der Waals surface area contributed by atoms with Crippen molar-refractivity contribution in [1.29, 1.82) is 0 Å². The van der Waals surface area contributed by atoms with Gasteiger partial charge in [0.2, 0.25) is 12.7 Å². The van der Waals surface area contributed by atoms with E-state index in [0.717, 1.165) is 61.0 Å². The number of H-pyrrole nitrogens is 1. The molecule has 1 aromatic heterocycles. The van der Waals surface area contributed by atoms with Gasteiger partial charge in [0.25, 0.3) is 5.56 Å². The third-order valence-corrected chi connectivity index (χ3v) is 6.19. The van der Waals surface area contributed by atoms with Gasteiger partial charge < -0.3 is 14.4 Å². The molecule has 0 bridgehead atoms. The van der Waals surface area contributed by atoms with Gasteiger partial charge in [-0.2, -0.15) is 0 Å². The van der Waals surface area contributed by atoms with E-state index in [1.165, 1.54) is 11.1 Å². The van der Waals surface area contributed by atoms with Crippen LogP contribution in [0.2, 0.25) is 0 Å². The number of rotatable bonds is 5. The summed E-state index contributed by atoms with van der Waals surface area (Å²) in [5.74, 6) is 2.31. The average Bonchev–Trinajstić information content (AvgIpc) is 3.25. The highest BCUT2D eigenvalue weighted by Gasteiger charge is 2.21. The second-order valence-electron chi connectivity index (χ2n) is 8.57. The van der Waals surface area contributed by atoms with Crippen LogP contribution in [0, 0.1) is 13.8 Å². The van der Waals surface area contributed by atoms with Crippen molar-refractivity contribution in [3.63, 3.8) is 0 Å². The molecule has 0 saturated carbocycles. The fourth-order valence-electron chi connectivity index (χ4n) is 4.40. The summed E-state index contributed by atoms with van der Waals surface area (Å²) in [5, 5.41) is 0. The van der Waals surface area contributed by atoms with Crippen LogP contribution >= 0.6 is 0 Å². The first-order valence-corrected chi connectivity index (χ1v) is 11.1. The average molecular weight is 433 g/mol. The molecule has 7 heteroatoms. The number of aromatic nitrogens is 2. The Hall–Kier alpha value is -3.32. The molecule has 0 unspecified atom stereocenters. The van der Waals surface area contributed by atoms with Gasteiger partial charge in [-0.05, 0) is 37.1 Å². The highest BCUT2D eigenvalue weighted by Crippen LogP contribution is 2.32. The maximum atomic E-state index is 12.8. The Morgan fingerprint density at radius 3 is 2.56 bits per heavy atom. The van der Waals surface area contributed by atoms with Crippen molar-refractivity contribution in [3.8, 4) is 11.5 Å². The van der Waals surface area contributed by atoms with Crippen molar-refractivity contribution in [2.75, 3.05) is 37.9 Å². The molecule has 0 atom stereocenters. The molecule has 166 valence electrons. The molecule has 2 aliphatic rings. The van der Waals surface area contributed by atoms with Gasteiger partial charge in [-0.3, -0.25) is 14.7 Å². The number of hydrogen-bond acceptors (Lipinski definition) is 6. The van der Waals surface area contributed by atoms with Crippen molar-refractivity contribution >= 4 is 5.95 Å². The molecule has 2 aliphatic heterocycles. The maximum absolute atomic E-state index is 12.8. The number of fused-ring (bicyclic) bond motifs is 1. The molecule has 0 amide bonds. The minimum atomic E-state index is -0.0446. The van der Waals surface area contributed by atoms with E-state index in [1.807, 2.05) is 19.1 Å². The second-order valence-corrected chi connectivity index (χ2v) is 8.57. The third-order valence-electron chi connectivity index (χ3n) is 6.19. The lowest BCUT2D eigenvalue weighted by molar-refractivity contribution is 0.174. The van der Waals surface area contributed by atoms with E-state index in [4.69, 9.17) is 14.5 Å². The van der Waals surface area contributed by atoms with E-state index in [0.29, 0.717) is 19.2 Å². The molecular formula is C25H28N4O3. The van der Waals surface area contributed by atoms with Crippen LogP contribution < -0.4 is 19.9 Å². The minimum absolute atomic E-state index is 0.0446. The van der Waals surface area contributed by atoms with Gasteiger partial charge in [-0.15, -0.1) is 0 Å². The van der Waals surface area contributed by atoms with E-state index >= 15 is 0 Å². The fourth-order valence-corrected chi connectivity index (χ4v) is 4.40. The Bertz CT molecular complexity index is 1180. The summed E-state index contributed by atoms with van der Waals surface area (Å²) in [7, 11) is 0. The van der Waals surface area contributed by atoms with Crippen molar-refractivity contribution in [2.24, 2.45) is 0 Å². The lowest BCUT2D eigenvalue weighted by Crippen LogP contribution is -2.47. The van der Waals surface area contributed by atoms with E-state index in [9.17, 15) is 4.79 Å². The van der Waals surface area contributed by atoms with Crippen LogP contribution in [0.1, 0.15) is 27.9 Å². The Labute approximate surface area is 187 Å². The molecule has 3 aromatic rings. The first kappa shape index (κ1) is 20.6. The number of piperazine rings is 1. The van der Waals surface area contributed by atoms with Gasteiger partial charge in [0, 0.05) is 44.7 Å². The Morgan fingerprint density at radius 1 is 0.969 bits per heavy atom. The van der Waals surface area contributed by atoms with E-state index in [2.05, 4.69) is 52.0 Å². The first-order valence-electron chi connectivity index (χ1n) is 11.1. The summed E-state index contributed by atoms with van der Waals surface area (Å²) < 4.78 is 10.9. The molecule has 32 heavy (non-hydrogen) atoms. The topological polar surface area (TPSA) is 70.7 Å². The summed E-state index contributed by atoms with van der Waals surface area (Å²) in [6, 6.07) is 14.4. The summed E-state index contributed by atoms with van der Waals surface area (Å²) in [4.78, 5) is 25.2. The monoisotopic (exact) mass is 432 g/mol. The smallest absolute Gasteiger partial charge is 0.256 e. The number of nitrogens with zero attached hydrogens (tertiary/aromatic N) is 3. The summed E-state index contributed by atoms with van der Waals surface area (Å²) in [6.45, 7) is 8.61. The van der Waals surface area contributed by atoms with Crippen molar-refractivity contribution in [1.82, 2.24) is 14.9 Å². The van der Waals surface area contributed by atoms with Gasteiger partial charge in [-0.1, -0.05) is 35.9 Å². The van der Waals surface area contributed by atoms with Crippen molar-refractivity contribution in [3.05, 3.63) is 80.8 Å². The van der Waals surface area contributed by atoms with Gasteiger partial charge in [0.15, 0.2) is 11.5 Å². The molecule has 2 aromatic carbocycles. The lowest BCUT2D eigenvalue weighted by Gasteiger charge is -2.35. The maximum Gasteiger partial charge on any atom is 0.256 e. The number of aryl methyl sites for hydroxylation is 2. The molecule has 1 N–H and O–H groups in total. The molecule has 0 aliphatic carbocycles. The SMILES string of the molecule is Cc1cccc(Cc2c(C)nc(N3CCN(Cc4ccc5c(c4)OCO5)CC3)[nH]c2=O)c1. The zero-order valence-electron chi connectivity index (χ0n) is 18.6. The van der Waals surface area contributed by atoms with E-state index in [1.54, 1.807) is 0 Å². The Kier molecular flexibility index (Phi) is 5.57. The number of aromatic amines is 1. The van der Waals surface area contributed by atoms with Crippen LogP contribution in [0.3, 0.4) is 0 Å². The summed E-state index contributed by atoms with van der Waals surface area (Å²) in [6.07, 6.45) is 0.597. The van der Waals surface area contributed by atoms with Crippen LogP contribution in [0.4, 0.5) is 5.95 Å². The van der Waals surface area contributed by atoms with Crippen molar-refractivity contribution in [2.45, 2.75) is 26.8 Å². The second kappa shape index (κ2) is 8.67. The van der Waals surface area contributed by atoms with Crippen LogP contribution in [-0.2, 0) is 13.0 Å². The highest BCUT2D eigenvalue weighted by atomic mass is 16.7. The minimum Gasteiger partial charge on any atom is -0.454 e. The normalized spacial score (nSPS) is 15.9. The molecular weight excluding hydrogens is 404 g/mol. The highest BCUT2D eigenvalue weighted by molar-refractivity contribution is 5.44. The van der Waals surface area contributed by atoms with E-state index in [-0.39, 0.29) is 5.56 Å². The first-order chi connectivity index (χ1) is 15.5. The molecule has 3 heterocycles. The molecule has 0 radical (unpaired) electrons. The van der Waals surface area contributed by atoms with Gasteiger partial charge in [0.1, 0.15) is 0 Å². The molecule has 1 fully saturated rings. The molecule has 5 rings (SSSR count). The summed E-state index contributed by atoms with van der Waals surface area (Å²) in [5.41, 5.74) is 5.03. The van der Waals surface area contributed by atoms with Gasteiger partial charge in [0.05, 0.1) is 5.69 Å². The molecule has 0 spiro atoms. The number of benzene rings is 2. The zero-order chi connectivity index (χ0) is 22.1. The van der Waals surface area contributed by atoms with Gasteiger partial charge >= 0.3 is 0 Å². The van der Waals surface area contributed by atoms with Crippen LogP contribution in [-0.4, -0.2) is 47.8 Å². The lowest BCUT2D eigenvalue weighted by atomic mass is 10.0. The zero-order valence-corrected chi connectivity index (χ0v) is 18.6. The Morgan fingerprint density at radius 2 is 1.78 bits per heavy atom. The van der Waals surface area contributed by atoms with Gasteiger partial charge in [-0.25, -0.2) is 4.98 Å². The molecule has 7 nitrogen and oxygen atoms in total. The van der Waals surface area contributed by atoms with E-state index < -0.39 is 0 Å². The fraction of sp³-hybridized carbons (Fsp3) is 0.360. The third kappa shape index (κ3) is 4.34. The van der Waals surface area contributed by atoms with Crippen LogP contribution in [0.5, 0.6) is 11.5 Å². The van der Waals surface area contributed by atoms with Crippen LogP contribution in [0.25, 0.3) is 0 Å². The quantitative estimate of drug-likeness (QED) is 0.668. The Balaban J connectivity index is 1.23. The number of hydrogen-bond donors (Lipinski definition) is 1. The predicted octanol–water partition coefficient (Wildman–Crippen LogP) is 3.03. The predicted molar refractivity (Wildman–Crippen MR) is 124 cm³/mol. The van der Waals surface area contributed by atoms with Crippen molar-refractivity contribution < 1.29 is 9.47 Å². The largest absolute Gasteiger partial charge is 0.454 e. The summed E-state index contributed by atoms with van der Waals surface area (Å²) >= 11 is 0. The number of nitrogens with one attached hydrogen (secondary N) is 1. The number of anilines is 1. The standard InChI is InChI=1S/C25H28N4O3/c1-17-4-3-5-19(12-17)13-21-18(2)26-25(27-24(21)30)29-10-8-28(9-11-29)15-20-6-7-22-23(14-20)32-16-31-22/h3-7,12,14H,8-11,13,15-16H2,1-2H3,(H,26,27,30). The molecule has 1 saturated heterocycles. The van der Waals surface area contributed by atoms with Crippen LogP contribution in [0.15, 0.2) is 47.3 Å². The number of ether oxygens (including phenoxy) is 2.